The second kappa shape index (κ2) is 3.73. The monoisotopic (exact) mass is 223 g/mol. The summed E-state index contributed by atoms with van der Waals surface area (Å²) in [6.45, 7) is 0. The third-order valence-corrected chi connectivity index (χ3v) is 5.20. The fourth-order valence-corrected chi connectivity index (χ4v) is 4.42. The lowest BCUT2D eigenvalue weighted by Crippen LogP contribution is -2.57. The first kappa shape index (κ1) is 10.6. The van der Waals surface area contributed by atoms with Gasteiger partial charge in [0.1, 0.15) is 0 Å². The van der Waals surface area contributed by atoms with Crippen LogP contribution in [0.25, 0.3) is 0 Å². The second-order valence-electron chi connectivity index (χ2n) is 5.87. The highest BCUT2D eigenvalue weighted by Gasteiger charge is 2.54. The summed E-state index contributed by atoms with van der Waals surface area (Å²) < 4.78 is 0. The van der Waals surface area contributed by atoms with Gasteiger partial charge < -0.3 is 10.3 Å². The molecule has 4 atom stereocenters. The molecule has 2 N–H and O–H groups in total. The summed E-state index contributed by atoms with van der Waals surface area (Å²) in [5.41, 5.74) is 0.364. The molecule has 90 valence electrons. The molecule has 3 heteroatoms. The summed E-state index contributed by atoms with van der Waals surface area (Å²) in [5, 5.41) is 23.6. The maximum atomic E-state index is 10.9. The van der Waals surface area contributed by atoms with Gasteiger partial charge in [-0.2, -0.15) is 0 Å². The third-order valence-electron chi connectivity index (χ3n) is 5.20. The molecular formula is C13H21NO2. The molecule has 3 aliphatic carbocycles. The van der Waals surface area contributed by atoms with Gasteiger partial charge in [-0.15, -0.1) is 0 Å². The molecule has 3 aliphatic rings. The Labute approximate surface area is 96.5 Å². The van der Waals surface area contributed by atoms with Crippen LogP contribution in [0.5, 0.6) is 0 Å². The lowest BCUT2D eigenvalue weighted by atomic mass is 9.54. The Morgan fingerprint density at radius 2 is 2.00 bits per heavy atom. The van der Waals surface area contributed by atoms with E-state index in [4.69, 9.17) is 0 Å². The molecule has 0 heterocycles. The average Bonchev–Trinajstić information content (AvgIpc) is 2.30. The van der Waals surface area contributed by atoms with E-state index in [1.54, 1.807) is 0 Å². The lowest BCUT2D eigenvalue weighted by Gasteiger charge is -2.53. The molecule has 0 spiro atoms. The maximum absolute atomic E-state index is 10.9. The smallest absolute Gasteiger partial charge is 0.0757 e. The van der Waals surface area contributed by atoms with Crippen molar-refractivity contribution in [3.63, 3.8) is 0 Å². The van der Waals surface area contributed by atoms with Crippen LogP contribution in [0.3, 0.4) is 0 Å². The molecule has 16 heavy (non-hydrogen) atoms. The molecule has 2 bridgehead atoms. The number of oxime groups is 1. The van der Waals surface area contributed by atoms with Crippen LogP contribution in [0.1, 0.15) is 51.4 Å². The van der Waals surface area contributed by atoms with Crippen molar-refractivity contribution < 1.29 is 10.3 Å². The van der Waals surface area contributed by atoms with Crippen LogP contribution < -0.4 is 0 Å². The van der Waals surface area contributed by atoms with E-state index in [2.05, 4.69) is 5.16 Å². The van der Waals surface area contributed by atoms with Gasteiger partial charge in [0.25, 0.3) is 0 Å². The summed E-state index contributed by atoms with van der Waals surface area (Å²) >= 11 is 0. The van der Waals surface area contributed by atoms with Gasteiger partial charge >= 0.3 is 0 Å². The van der Waals surface area contributed by atoms with Crippen molar-refractivity contribution in [1.82, 2.24) is 0 Å². The third kappa shape index (κ3) is 1.33. The topological polar surface area (TPSA) is 52.8 Å². The maximum Gasteiger partial charge on any atom is 0.0757 e. The zero-order chi connectivity index (χ0) is 11.2. The SMILES string of the molecule is O/N=C1/[C@H]2CCC[C@H]1[C@@]1(O)CCCC[C@@H]1C2. The van der Waals surface area contributed by atoms with E-state index in [0.29, 0.717) is 11.8 Å². The predicted octanol–water partition coefficient (Wildman–Crippen LogP) is 2.56. The minimum absolute atomic E-state index is 0.148. The molecule has 0 saturated heterocycles. The fourth-order valence-electron chi connectivity index (χ4n) is 4.42. The first-order chi connectivity index (χ1) is 7.75. The average molecular weight is 223 g/mol. The van der Waals surface area contributed by atoms with Crippen LogP contribution in [-0.4, -0.2) is 21.6 Å². The number of aliphatic hydroxyl groups is 1. The number of fused-ring (bicyclic) bond motifs is 4. The second-order valence-corrected chi connectivity index (χ2v) is 5.87. The molecular weight excluding hydrogens is 202 g/mol. The normalized spacial score (nSPS) is 50.1. The minimum atomic E-state index is -0.545. The van der Waals surface area contributed by atoms with Gasteiger partial charge in [0.2, 0.25) is 0 Å². The minimum Gasteiger partial charge on any atom is -0.411 e. The first-order valence-corrected chi connectivity index (χ1v) is 6.70. The van der Waals surface area contributed by atoms with E-state index >= 15 is 0 Å². The van der Waals surface area contributed by atoms with E-state index in [1.165, 1.54) is 19.3 Å². The van der Waals surface area contributed by atoms with E-state index < -0.39 is 5.60 Å². The summed E-state index contributed by atoms with van der Waals surface area (Å²) in [5.74, 6) is 1.06. The van der Waals surface area contributed by atoms with Crippen molar-refractivity contribution in [2.75, 3.05) is 0 Å². The van der Waals surface area contributed by atoms with E-state index in [-0.39, 0.29) is 5.92 Å². The Morgan fingerprint density at radius 3 is 2.81 bits per heavy atom. The molecule has 3 fully saturated rings. The Balaban J connectivity index is 1.96. The van der Waals surface area contributed by atoms with Gasteiger partial charge in [0.15, 0.2) is 0 Å². The van der Waals surface area contributed by atoms with Crippen LogP contribution >= 0.6 is 0 Å². The van der Waals surface area contributed by atoms with Crippen molar-refractivity contribution >= 4 is 5.71 Å². The lowest BCUT2D eigenvalue weighted by molar-refractivity contribution is -0.102. The number of nitrogens with zero attached hydrogens (tertiary/aromatic N) is 1. The van der Waals surface area contributed by atoms with Crippen molar-refractivity contribution in [3.05, 3.63) is 0 Å². The largest absolute Gasteiger partial charge is 0.411 e. The van der Waals surface area contributed by atoms with Gasteiger partial charge in [-0.3, -0.25) is 0 Å². The van der Waals surface area contributed by atoms with E-state index in [9.17, 15) is 10.3 Å². The Hall–Kier alpha value is -0.570. The van der Waals surface area contributed by atoms with Gasteiger partial charge in [-0.05, 0) is 38.0 Å². The Kier molecular flexibility index (Phi) is 2.46. The van der Waals surface area contributed by atoms with Gasteiger partial charge in [-0.25, -0.2) is 0 Å². The van der Waals surface area contributed by atoms with Crippen molar-refractivity contribution in [1.29, 1.82) is 0 Å². The van der Waals surface area contributed by atoms with Gasteiger partial charge in [0.05, 0.1) is 11.3 Å². The molecule has 0 unspecified atom stereocenters. The van der Waals surface area contributed by atoms with Crippen molar-refractivity contribution in [2.24, 2.45) is 22.9 Å². The molecule has 3 rings (SSSR count). The van der Waals surface area contributed by atoms with Crippen LogP contribution in [0.2, 0.25) is 0 Å². The van der Waals surface area contributed by atoms with Gasteiger partial charge in [0, 0.05) is 11.8 Å². The zero-order valence-corrected chi connectivity index (χ0v) is 9.73. The molecule has 0 aliphatic heterocycles. The molecule has 3 saturated carbocycles. The zero-order valence-electron chi connectivity index (χ0n) is 9.73. The van der Waals surface area contributed by atoms with Crippen LogP contribution in [-0.2, 0) is 0 Å². The molecule has 0 aromatic rings. The molecule has 3 nitrogen and oxygen atoms in total. The quantitative estimate of drug-likeness (QED) is 0.490. The highest BCUT2D eigenvalue weighted by molar-refractivity contribution is 5.91. The standard InChI is InChI=1S/C13H21NO2/c15-13-7-2-1-5-10(13)8-9-4-3-6-11(13)12(9)14-16/h9-11,15-16H,1-8H2/b14-12-/t9-,10+,11+,13+/m0/s1. The van der Waals surface area contributed by atoms with Crippen LogP contribution in [0.4, 0.5) is 0 Å². The number of hydrogen-bond acceptors (Lipinski definition) is 3. The number of hydrogen-bond donors (Lipinski definition) is 2. The van der Waals surface area contributed by atoms with Crippen LogP contribution in [0.15, 0.2) is 5.16 Å². The van der Waals surface area contributed by atoms with Crippen molar-refractivity contribution in [2.45, 2.75) is 57.0 Å². The molecule has 0 amide bonds. The van der Waals surface area contributed by atoms with E-state index in [0.717, 1.165) is 37.8 Å². The van der Waals surface area contributed by atoms with Gasteiger partial charge in [-0.1, -0.05) is 24.4 Å². The van der Waals surface area contributed by atoms with Crippen LogP contribution in [0, 0.1) is 17.8 Å². The van der Waals surface area contributed by atoms with E-state index in [1.807, 2.05) is 0 Å². The summed E-state index contributed by atoms with van der Waals surface area (Å²) in [6, 6.07) is 0. The highest BCUT2D eigenvalue weighted by atomic mass is 16.4. The molecule has 0 aromatic heterocycles. The Bertz CT molecular complexity index is 315. The molecule has 0 radical (unpaired) electrons. The predicted molar refractivity (Wildman–Crippen MR) is 61.6 cm³/mol. The molecule has 0 aromatic carbocycles. The fraction of sp³-hybridized carbons (Fsp3) is 0.923. The number of rotatable bonds is 0. The first-order valence-electron chi connectivity index (χ1n) is 6.70. The summed E-state index contributed by atoms with van der Waals surface area (Å²) in [4.78, 5) is 0. The Morgan fingerprint density at radius 1 is 1.12 bits per heavy atom. The summed E-state index contributed by atoms with van der Waals surface area (Å²) in [6.07, 6.45) is 8.88. The van der Waals surface area contributed by atoms with Crippen molar-refractivity contribution in [3.8, 4) is 0 Å². The highest BCUT2D eigenvalue weighted by Crippen LogP contribution is 2.52. The summed E-state index contributed by atoms with van der Waals surface area (Å²) in [7, 11) is 0.